The van der Waals surface area contributed by atoms with Crippen molar-refractivity contribution in [2.75, 3.05) is 0 Å². The molecule has 0 saturated heterocycles. The van der Waals surface area contributed by atoms with Crippen molar-refractivity contribution in [3.63, 3.8) is 0 Å². The van der Waals surface area contributed by atoms with Gasteiger partial charge in [-0.05, 0) is 24.1 Å². The summed E-state index contributed by atoms with van der Waals surface area (Å²) in [4.78, 5) is 0. The number of rotatable bonds is 5. The van der Waals surface area contributed by atoms with Gasteiger partial charge in [0.1, 0.15) is 0 Å². The lowest BCUT2D eigenvalue weighted by atomic mass is 10.1. The van der Waals surface area contributed by atoms with Gasteiger partial charge >= 0.3 is 0 Å². The van der Waals surface area contributed by atoms with Crippen LogP contribution in [0.25, 0.3) is 11.5 Å². The largest absolute Gasteiger partial charge is 0.419 e. The Morgan fingerprint density at radius 3 is 2.48 bits per heavy atom. The highest BCUT2D eigenvalue weighted by Crippen LogP contribution is 2.21. The molecule has 4 nitrogen and oxygen atoms in total. The summed E-state index contributed by atoms with van der Waals surface area (Å²) in [5, 5.41) is 11.5. The summed E-state index contributed by atoms with van der Waals surface area (Å²) in [5.41, 5.74) is 3.35. The normalized spacial score (nSPS) is 10.7. The number of nitrogens with one attached hydrogen (secondary N) is 1. The molecule has 3 aromatic rings. The Labute approximate surface area is 123 Å². The number of aromatic nitrogens is 2. The minimum atomic E-state index is 0.563. The standard InChI is InChI=1S/C17H17N3O/c1-13-7-5-6-10-15(13)17-20-19-16(21-17)12-18-11-14-8-3-2-4-9-14/h2-10,18H,11-12H2,1H3. The topological polar surface area (TPSA) is 51.0 Å². The predicted molar refractivity (Wildman–Crippen MR) is 81.5 cm³/mol. The second kappa shape index (κ2) is 6.33. The van der Waals surface area contributed by atoms with E-state index in [0.717, 1.165) is 17.7 Å². The molecule has 1 N–H and O–H groups in total. The van der Waals surface area contributed by atoms with Gasteiger partial charge in [-0.1, -0.05) is 48.5 Å². The summed E-state index contributed by atoms with van der Waals surface area (Å²) in [7, 11) is 0. The van der Waals surface area contributed by atoms with Gasteiger partial charge in [0.25, 0.3) is 0 Å². The number of hydrogen-bond acceptors (Lipinski definition) is 4. The van der Waals surface area contributed by atoms with Gasteiger partial charge in [-0.15, -0.1) is 10.2 Å². The lowest BCUT2D eigenvalue weighted by Gasteiger charge is -2.01. The molecule has 0 aliphatic heterocycles. The van der Waals surface area contributed by atoms with Gasteiger partial charge in [0.2, 0.25) is 11.8 Å². The SMILES string of the molecule is Cc1ccccc1-c1nnc(CNCc2ccccc2)o1. The first-order valence-corrected chi connectivity index (χ1v) is 6.96. The monoisotopic (exact) mass is 279 g/mol. The molecule has 0 saturated carbocycles. The van der Waals surface area contributed by atoms with Gasteiger partial charge in [0.15, 0.2) is 0 Å². The van der Waals surface area contributed by atoms with Crippen molar-refractivity contribution in [1.82, 2.24) is 15.5 Å². The van der Waals surface area contributed by atoms with E-state index in [-0.39, 0.29) is 0 Å². The molecule has 0 unspecified atom stereocenters. The van der Waals surface area contributed by atoms with Gasteiger partial charge in [-0.2, -0.15) is 0 Å². The van der Waals surface area contributed by atoms with Crippen LogP contribution >= 0.6 is 0 Å². The molecule has 0 radical (unpaired) electrons. The molecule has 0 fully saturated rings. The smallest absolute Gasteiger partial charge is 0.248 e. The van der Waals surface area contributed by atoms with Crippen LogP contribution in [0.15, 0.2) is 59.0 Å². The molecule has 0 bridgehead atoms. The molecule has 0 aliphatic carbocycles. The molecule has 0 atom stereocenters. The molecule has 106 valence electrons. The summed E-state index contributed by atoms with van der Waals surface area (Å²) in [6.07, 6.45) is 0. The van der Waals surface area contributed by atoms with E-state index in [1.807, 2.05) is 49.4 Å². The van der Waals surface area contributed by atoms with Crippen LogP contribution in [0.1, 0.15) is 17.0 Å². The van der Waals surface area contributed by atoms with Gasteiger partial charge in [0.05, 0.1) is 6.54 Å². The zero-order valence-corrected chi connectivity index (χ0v) is 11.9. The molecule has 4 heteroatoms. The predicted octanol–water partition coefficient (Wildman–Crippen LogP) is 3.33. The van der Waals surface area contributed by atoms with Gasteiger partial charge in [-0.3, -0.25) is 0 Å². The zero-order chi connectivity index (χ0) is 14.5. The van der Waals surface area contributed by atoms with E-state index in [4.69, 9.17) is 4.42 Å². The first-order chi connectivity index (χ1) is 10.3. The number of benzene rings is 2. The Balaban J connectivity index is 1.62. The van der Waals surface area contributed by atoms with E-state index in [9.17, 15) is 0 Å². The maximum atomic E-state index is 5.70. The van der Waals surface area contributed by atoms with Gasteiger partial charge in [0, 0.05) is 12.1 Å². The van der Waals surface area contributed by atoms with Crippen molar-refractivity contribution in [3.05, 3.63) is 71.6 Å². The van der Waals surface area contributed by atoms with E-state index < -0.39 is 0 Å². The fourth-order valence-corrected chi connectivity index (χ4v) is 2.16. The van der Waals surface area contributed by atoms with E-state index in [2.05, 4.69) is 27.6 Å². The lowest BCUT2D eigenvalue weighted by Crippen LogP contribution is -2.12. The fraction of sp³-hybridized carbons (Fsp3) is 0.176. The number of nitrogens with zero attached hydrogens (tertiary/aromatic N) is 2. The quantitative estimate of drug-likeness (QED) is 0.778. The summed E-state index contributed by atoms with van der Waals surface area (Å²) in [6.45, 7) is 3.38. The molecule has 0 aliphatic rings. The molecule has 0 amide bonds. The Morgan fingerprint density at radius 1 is 0.905 bits per heavy atom. The molecular formula is C17H17N3O. The van der Waals surface area contributed by atoms with E-state index in [1.54, 1.807) is 0 Å². The Bertz CT molecular complexity index is 707. The van der Waals surface area contributed by atoms with Crippen LogP contribution in [0.3, 0.4) is 0 Å². The van der Waals surface area contributed by atoms with Crippen LogP contribution in [0, 0.1) is 6.92 Å². The summed E-state index contributed by atoms with van der Waals surface area (Å²) in [6, 6.07) is 18.2. The van der Waals surface area contributed by atoms with Crippen LogP contribution in [0.2, 0.25) is 0 Å². The minimum absolute atomic E-state index is 0.563. The van der Waals surface area contributed by atoms with Crippen LogP contribution in [-0.4, -0.2) is 10.2 Å². The van der Waals surface area contributed by atoms with Crippen molar-refractivity contribution in [1.29, 1.82) is 0 Å². The highest BCUT2D eigenvalue weighted by Gasteiger charge is 2.09. The Morgan fingerprint density at radius 2 is 1.67 bits per heavy atom. The van der Waals surface area contributed by atoms with Gasteiger partial charge < -0.3 is 9.73 Å². The van der Waals surface area contributed by atoms with Crippen LogP contribution in [0.5, 0.6) is 0 Å². The summed E-state index contributed by atoms with van der Waals surface area (Å²) < 4.78 is 5.70. The van der Waals surface area contributed by atoms with E-state index in [0.29, 0.717) is 18.3 Å². The summed E-state index contributed by atoms with van der Waals surface area (Å²) in [5.74, 6) is 1.17. The van der Waals surface area contributed by atoms with Crippen LogP contribution in [0.4, 0.5) is 0 Å². The number of hydrogen-bond donors (Lipinski definition) is 1. The van der Waals surface area contributed by atoms with Crippen molar-refractivity contribution in [2.45, 2.75) is 20.0 Å². The highest BCUT2D eigenvalue weighted by molar-refractivity contribution is 5.57. The third kappa shape index (κ3) is 3.35. The van der Waals surface area contributed by atoms with Crippen molar-refractivity contribution >= 4 is 0 Å². The third-order valence-electron chi connectivity index (χ3n) is 3.29. The van der Waals surface area contributed by atoms with E-state index >= 15 is 0 Å². The average Bonchev–Trinajstić information content (AvgIpc) is 2.97. The zero-order valence-electron chi connectivity index (χ0n) is 11.9. The average molecular weight is 279 g/mol. The Hall–Kier alpha value is -2.46. The maximum absolute atomic E-state index is 5.70. The van der Waals surface area contributed by atoms with Crippen LogP contribution in [-0.2, 0) is 13.1 Å². The van der Waals surface area contributed by atoms with Crippen molar-refractivity contribution in [2.24, 2.45) is 0 Å². The fourth-order valence-electron chi connectivity index (χ4n) is 2.16. The second-order valence-electron chi connectivity index (χ2n) is 4.91. The molecule has 0 spiro atoms. The summed E-state index contributed by atoms with van der Waals surface area (Å²) >= 11 is 0. The molecule has 1 aromatic heterocycles. The second-order valence-corrected chi connectivity index (χ2v) is 4.91. The van der Waals surface area contributed by atoms with Gasteiger partial charge in [-0.25, -0.2) is 0 Å². The first-order valence-electron chi connectivity index (χ1n) is 6.96. The lowest BCUT2D eigenvalue weighted by molar-refractivity contribution is 0.477. The molecule has 1 heterocycles. The number of aryl methyl sites for hydroxylation is 1. The minimum Gasteiger partial charge on any atom is -0.419 e. The molecule has 21 heavy (non-hydrogen) atoms. The third-order valence-corrected chi connectivity index (χ3v) is 3.29. The highest BCUT2D eigenvalue weighted by atomic mass is 16.4. The molecule has 3 rings (SSSR count). The van der Waals surface area contributed by atoms with Crippen LogP contribution < -0.4 is 5.32 Å². The van der Waals surface area contributed by atoms with Crippen molar-refractivity contribution in [3.8, 4) is 11.5 Å². The molecule has 2 aromatic carbocycles. The van der Waals surface area contributed by atoms with E-state index in [1.165, 1.54) is 5.56 Å². The maximum Gasteiger partial charge on any atom is 0.248 e. The van der Waals surface area contributed by atoms with Crippen molar-refractivity contribution < 1.29 is 4.42 Å². The Kier molecular flexibility index (Phi) is 4.07. The first kappa shape index (κ1) is 13.5. The molecular weight excluding hydrogens is 262 g/mol.